The first-order valence-corrected chi connectivity index (χ1v) is 14.0. The van der Waals surface area contributed by atoms with Crippen LogP contribution in [-0.4, -0.2) is 16.1 Å². The second-order valence-electron chi connectivity index (χ2n) is 8.99. The maximum absolute atomic E-state index is 6.95. The van der Waals surface area contributed by atoms with Gasteiger partial charge in [-0.3, -0.25) is 6.08 Å². The number of unbranched alkanes of at least 4 members (excludes halogenated alkanes) is 7. The van der Waals surface area contributed by atoms with Crippen molar-refractivity contribution >= 4 is 19.9 Å². The number of benzene rings is 2. The van der Waals surface area contributed by atoms with Crippen LogP contribution in [0.3, 0.4) is 0 Å². The van der Waals surface area contributed by atoms with E-state index in [1.54, 1.807) is 0 Å². The molecule has 1 aliphatic rings. The quantitative estimate of drug-likeness (QED) is 0.177. The van der Waals surface area contributed by atoms with Crippen molar-refractivity contribution in [2.24, 2.45) is 5.92 Å². The fourth-order valence-corrected chi connectivity index (χ4v) is 4.93. The van der Waals surface area contributed by atoms with Gasteiger partial charge in [-0.2, -0.15) is 17.7 Å². The summed E-state index contributed by atoms with van der Waals surface area (Å²) in [5.74, 6) is 0.560. The summed E-state index contributed by atoms with van der Waals surface area (Å²) in [5, 5.41) is 2.90. The first kappa shape index (κ1) is 32.8. The third kappa shape index (κ3) is 14.9. The largest absolute Gasteiger partial charge is 2.00 e. The van der Waals surface area contributed by atoms with E-state index in [9.17, 15) is 0 Å². The smallest absolute Gasteiger partial charge is 0.677 e. The Kier molecular flexibility index (Phi) is 20.4. The van der Waals surface area contributed by atoms with Gasteiger partial charge >= 0.3 is 21.7 Å². The van der Waals surface area contributed by atoms with Crippen LogP contribution in [0.15, 0.2) is 77.4 Å². The van der Waals surface area contributed by atoms with Crippen molar-refractivity contribution in [2.45, 2.75) is 86.0 Å². The zero-order valence-electron chi connectivity index (χ0n) is 22.3. The fraction of sp³-hybridized carbons (Fsp3) is 0.484. The molecule has 3 heteroatoms. The Balaban J connectivity index is 0.000000482. The van der Waals surface area contributed by atoms with Crippen molar-refractivity contribution in [3.05, 3.63) is 89.2 Å². The van der Waals surface area contributed by atoms with Gasteiger partial charge in [0.15, 0.2) is 0 Å². The zero-order chi connectivity index (χ0) is 24.3. The number of hydrogen-bond donors (Lipinski definition) is 0. The Hall–Kier alpha value is -1.19. The summed E-state index contributed by atoms with van der Waals surface area (Å²) in [4.78, 5) is 0. The van der Waals surface area contributed by atoms with E-state index < -0.39 is 0 Å². The Morgan fingerprint density at radius 1 is 0.735 bits per heavy atom. The molecule has 0 bridgehead atoms. The van der Waals surface area contributed by atoms with E-state index in [-0.39, 0.29) is 31.2 Å². The van der Waals surface area contributed by atoms with Crippen LogP contribution in [0.4, 0.5) is 0 Å². The molecule has 3 rings (SSSR count). The molecule has 0 heterocycles. The Morgan fingerprint density at radius 3 is 1.50 bits per heavy atom. The summed E-state index contributed by atoms with van der Waals surface area (Å²) in [6, 6.07) is 21.3. The van der Waals surface area contributed by atoms with Crippen molar-refractivity contribution in [3.63, 3.8) is 0 Å². The topological polar surface area (TPSA) is 23.8 Å². The molecule has 2 aromatic rings. The molecule has 2 aromatic carbocycles. The maximum atomic E-state index is 6.95. The summed E-state index contributed by atoms with van der Waals surface area (Å²) < 4.78 is 0. The first-order valence-electron chi connectivity index (χ1n) is 12.9. The molecule has 0 saturated carbocycles. The molecule has 0 amide bonds. The van der Waals surface area contributed by atoms with Crippen LogP contribution in [0.2, 0.25) is 0 Å². The number of allylic oxidation sites excluding steroid dienone is 4. The summed E-state index contributed by atoms with van der Waals surface area (Å²) in [7, 11) is 0.271. The average molecular weight is 509 g/mol. The van der Waals surface area contributed by atoms with Gasteiger partial charge in [0.25, 0.3) is 0 Å². The molecule has 1 unspecified atom stereocenters. The predicted molar refractivity (Wildman–Crippen MR) is 151 cm³/mol. The van der Waals surface area contributed by atoms with Crippen LogP contribution >= 0.6 is 0 Å². The van der Waals surface area contributed by atoms with Crippen LogP contribution in [-0.2, 0) is 21.7 Å². The van der Waals surface area contributed by atoms with Crippen molar-refractivity contribution in [1.82, 2.24) is 0 Å². The molecular formula is C31H46NSiTi. The molecule has 0 saturated heterocycles. The van der Waals surface area contributed by atoms with Gasteiger partial charge in [-0.05, 0) is 0 Å². The van der Waals surface area contributed by atoms with E-state index in [4.69, 9.17) is 5.73 Å². The van der Waals surface area contributed by atoms with E-state index in [0.29, 0.717) is 12.5 Å². The first-order chi connectivity index (χ1) is 16.0. The molecule has 1 radical (unpaired) electrons. The van der Waals surface area contributed by atoms with Crippen LogP contribution in [0.5, 0.6) is 0 Å². The average Bonchev–Trinajstić information content (AvgIpc) is 3.06. The minimum atomic E-state index is 0. The third-order valence-corrected chi connectivity index (χ3v) is 7.64. The molecule has 0 aromatic heterocycles. The molecule has 0 aliphatic heterocycles. The number of hydrogen-bond acceptors (Lipinski definition) is 0. The maximum Gasteiger partial charge on any atom is 2.00 e. The Labute approximate surface area is 228 Å². The number of nitrogens with one attached hydrogen (secondary N) is 1. The Bertz CT molecular complexity index is 753. The molecule has 34 heavy (non-hydrogen) atoms. The summed E-state index contributed by atoms with van der Waals surface area (Å²) >= 11 is 0. The van der Waals surface area contributed by atoms with Gasteiger partial charge in [0.2, 0.25) is 0 Å². The molecule has 183 valence electrons. The van der Waals surface area contributed by atoms with Gasteiger partial charge in [0.1, 0.15) is 9.52 Å². The van der Waals surface area contributed by atoms with E-state index >= 15 is 0 Å². The van der Waals surface area contributed by atoms with E-state index in [2.05, 4.69) is 101 Å². The van der Waals surface area contributed by atoms with Crippen LogP contribution in [0.25, 0.3) is 5.73 Å². The minimum Gasteiger partial charge on any atom is -0.677 e. The molecule has 1 aliphatic carbocycles. The molecule has 1 nitrogen and oxygen atoms in total. The molecule has 1 N–H and O–H groups in total. The molecule has 0 fully saturated rings. The zero-order valence-corrected chi connectivity index (χ0v) is 25.0. The van der Waals surface area contributed by atoms with Crippen molar-refractivity contribution in [3.8, 4) is 0 Å². The van der Waals surface area contributed by atoms with E-state index in [0.717, 1.165) is 6.42 Å². The third-order valence-electron chi connectivity index (χ3n) is 6.20. The standard InChI is InChI=1S/C12H11Si.C10H22N.C9H13.Ti/c1-3-7-11(8-4-1)13-12-9-5-2-6-10-12;1-2-3-4-5-6-7-8-9-10-11;1-6-5-7(2)9(4)8(6)3;/h1-10,13H;11H,2-10H2,1H3;6H,1-4H3;/q;2*-1;+2. The molecule has 1 atom stereocenters. The van der Waals surface area contributed by atoms with Crippen molar-refractivity contribution in [1.29, 1.82) is 0 Å². The predicted octanol–water partition coefficient (Wildman–Crippen LogP) is 7.97. The molecular weight excluding hydrogens is 462 g/mol. The van der Waals surface area contributed by atoms with Crippen molar-refractivity contribution in [2.75, 3.05) is 6.54 Å². The minimum absolute atomic E-state index is 0. The van der Waals surface area contributed by atoms with Gasteiger partial charge in [-0.15, -0.1) is 6.92 Å². The van der Waals surface area contributed by atoms with Crippen LogP contribution in [0.1, 0.15) is 86.0 Å². The van der Waals surface area contributed by atoms with Crippen LogP contribution in [0, 0.1) is 12.0 Å². The fourth-order valence-electron chi connectivity index (χ4n) is 3.71. The second kappa shape index (κ2) is 21.1. The summed E-state index contributed by atoms with van der Waals surface area (Å²) in [6.07, 6.45) is 14.0. The van der Waals surface area contributed by atoms with E-state index in [1.807, 2.05) is 0 Å². The number of rotatable bonds is 10. The normalized spacial score (nSPS) is 14.3. The summed E-state index contributed by atoms with van der Waals surface area (Å²) in [5.41, 5.74) is 11.2. The second-order valence-corrected chi connectivity index (χ2v) is 10.6. The van der Waals surface area contributed by atoms with Gasteiger partial charge in [-0.25, -0.2) is 5.57 Å². The van der Waals surface area contributed by atoms with Gasteiger partial charge in [0.05, 0.1) is 0 Å². The van der Waals surface area contributed by atoms with Crippen molar-refractivity contribution < 1.29 is 21.7 Å². The molecule has 0 spiro atoms. The van der Waals surface area contributed by atoms with Gasteiger partial charge < -0.3 is 5.73 Å². The van der Waals surface area contributed by atoms with Crippen LogP contribution < -0.4 is 10.4 Å². The monoisotopic (exact) mass is 508 g/mol. The van der Waals surface area contributed by atoms with E-state index in [1.165, 1.54) is 72.0 Å². The van der Waals surface area contributed by atoms with Gasteiger partial charge in [0, 0.05) is 0 Å². The SMILES string of the molecule is CC1=[C-]C(C)C(C)=C1C.CCCCCCCCCC[NH-].[Ti+2].c1ccc([SiH]c2ccccc2)cc1. The summed E-state index contributed by atoms with van der Waals surface area (Å²) in [6.45, 7) is 11.5. The van der Waals surface area contributed by atoms with Gasteiger partial charge in [-0.1, -0.05) is 156 Å². The Morgan fingerprint density at radius 2 is 1.18 bits per heavy atom.